The summed E-state index contributed by atoms with van der Waals surface area (Å²) >= 11 is 0. The first-order valence-electron chi connectivity index (χ1n) is 8.52. The minimum Gasteiger partial charge on any atom is -0.363 e. The first-order chi connectivity index (χ1) is 12.6. The third-order valence-corrected chi connectivity index (χ3v) is 4.55. The van der Waals surface area contributed by atoms with Crippen molar-refractivity contribution in [1.82, 2.24) is 24.4 Å². The Balaban J connectivity index is 1.65. The molecular weight excluding hydrogens is 332 g/mol. The van der Waals surface area contributed by atoms with Crippen molar-refractivity contribution in [2.24, 2.45) is 5.73 Å². The number of piperidine rings is 1. The number of hydrogen-bond donors (Lipinski definition) is 1. The largest absolute Gasteiger partial charge is 0.363 e. The Hall–Kier alpha value is -3.29. The van der Waals surface area contributed by atoms with E-state index in [2.05, 4.69) is 15.0 Å². The van der Waals surface area contributed by atoms with Crippen molar-refractivity contribution >= 4 is 22.8 Å². The zero-order valence-electron chi connectivity index (χ0n) is 14.1. The summed E-state index contributed by atoms with van der Waals surface area (Å²) in [5.41, 5.74) is 7.11. The van der Waals surface area contributed by atoms with Crippen molar-refractivity contribution in [3.05, 3.63) is 48.3 Å². The molecule has 3 aromatic heterocycles. The van der Waals surface area contributed by atoms with E-state index in [4.69, 9.17) is 5.73 Å². The van der Waals surface area contributed by atoms with Crippen molar-refractivity contribution in [2.45, 2.75) is 19.3 Å². The summed E-state index contributed by atoms with van der Waals surface area (Å²) in [6, 6.07) is 3.74. The molecule has 2 amide bonds. The summed E-state index contributed by atoms with van der Waals surface area (Å²) in [4.78, 5) is 38.0. The van der Waals surface area contributed by atoms with Gasteiger partial charge in [-0.3, -0.25) is 14.2 Å². The number of rotatable bonds is 3. The highest BCUT2D eigenvalue weighted by Crippen LogP contribution is 2.20. The van der Waals surface area contributed by atoms with E-state index in [-0.39, 0.29) is 11.7 Å². The van der Waals surface area contributed by atoms with Gasteiger partial charge in [0.25, 0.3) is 11.8 Å². The van der Waals surface area contributed by atoms with E-state index >= 15 is 0 Å². The van der Waals surface area contributed by atoms with Gasteiger partial charge in [-0.15, -0.1) is 0 Å². The molecule has 8 heteroatoms. The number of hydrogen-bond acceptors (Lipinski definition) is 5. The van der Waals surface area contributed by atoms with Gasteiger partial charge in [0.1, 0.15) is 5.65 Å². The third-order valence-electron chi connectivity index (χ3n) is 4.55. The van der Waals surface area contributed by atoms with Crippen LogP contribution in [0.1, 0.15) is 40.2 Å². The molecule has 1 saturated heterocycles. The van der Waals surface area contributed by atoms with Crippen LogP contribution in [0, 0.1) is 0 Å². The van der Waals surface area contributed by atoms with Gasteiger partial charge in [-0.2, -0.15) is 0 Å². The lowest BCUT2D eigenvalue weighted by molar-refractivity contribution is 0.0724. The average Bonchev–Trinajstić information content (AvgIpc) is 3.11. The van der Waals surface area contributed by atoms with Gasteiger partial charge >= 0.3 is 0 Å². The van der Waals surface area contributed by atoms with Crippen molar-refractivity contribution < 1.29 is 9.59 Å². The highest BCUT2D eigenvalue weighted by Gasteiger charge is 2.19. The summed E-state index contributed by atoms with van der Waals surface area (Å²) in [6.07, 6.45) is 9.75. The number of amides is 2. The average molecular weight is 350 g/mol. The van der Waals surface area contributed by atoms with Gasteiger partial charge in [0.05, 0.1) is 23.6 Å². The number of pyridine rings is 1. The monoisotopic (exact) mass is 350 g/mol. The maximum absolute atomic E-state index is 12.6. The van der Waals surface area contributed by atoms with Gasteiger partial charge < -0.3 is 10.6 Å². The summed E-state index contributed by atoms with van der Waals surface area (Å²) in [5.74, 6) is -0.679. The van der Waals surface area contributed by atoms with E-state index in [0.717, 1.165) is 31.3 Å². The third kappa shape index (κ3) is 2.90. The summed E-state index contributed by atoms with van der Waals surface area (Å²) in [5, 5.41) is 0.854. The first kappa shape index (κ1) is 16.2. The molecule has 8 nitrogen and oxygen atoms in total. The number of primary amides is 1. The van der Waals surface area contributed by atoms with Gasteiger partial charge in [-0.25, -0.2) is 15.0 Å². The predicted octanol–water partition coefficient (Wildman–Crippen LogP) is 1.54. The molecule has 0 saturated carbocycles. The van der Waals surface area contributed by atoms with E-state index in [1.165, 1.54) is 18.8 Å². The molecule has 0 bridgehead atoms. The van der Waals surface area contributed by atoms with E-state index in [9.17, 15) is 9.59 Å². The van der Waals surface area contributed by atoms with Crippen LogP contribution in [0.3, 0.4) is 0 Å². The number of likely N-dealkylation sites (tertiary alicyclic amines) is 1. The molecule has 26 heavy (non-hydrogen) atoms. The number of nitrogens with zero attached hydrogens (tertiary/aromatic N) is 5. The lowest BCUT2D eigenvalue weighted by atomic mass is 10.1. The van der Waals surface area contributed by atoms with Crippen LogP contribution >= 0.6 is 0 Å². The van der Waals surface area contributed by atoms with E-state index in [1.807, 2.05) is 23.2 Å². The Morgan fingerprint density at radius 2 is 1.73 bits per heavy atom. The van der Waals surface area contributed by atoms with Gasteiger partial charge in [0, 0.05) is 30.9 Å². The summed E-state index contributed by atoms with van der Waals surface area (Å²) in [6.45, 7) is 1.61. The fourth-order valence-electron chi connectivity index (χ4n) is 3.20. The standard InChI is InChI=1S/C18H18N6O2/c19-15(25)16-20-10-14(11-21-16)24-7-4-12-8-13(9-22-17(12)24)18(26)23-5-2-1-3-6-23/h4,7-11H,1-3,5-6H2,(H2,19,25). The molecular formula is C18H18N6O2. The van der Waals surface area contributed by atoms with E-state index in [1.54, 1.807) is 10.8 Å². The Labute approximate surface area is 149 Å². The van der Waals surface area contributed by atoms with Crippen LogP contribution < -0.4 is 5.73 Å². The molecule has 1 fully saturated rings. The molecule has 0 aromatic carbocycles. The smallest absolute Gasteiger partial charge is 0.286 e. The number of nitrogens with two attached hydrogens (primary N) is 1. The molecule has 3 aromatic rings. The molecule has 0 unspecified atom stereocenters. The predicted molar refractivity (Wildman–Crippen MR) is 94.9 cm³/mol. The van der Waals surface area contributed by atoms with Crippen LogP contribution in [0.4, 0.5) is 0 Å². The van der Waals surface area contributed by atoms with Gasteiger partial charge in [0.2, 0.25) is 5.82 Å². The second-order valence-electron chi connectivity index (χ2n) is 6.30. The minimum absolute atomic E-state index is 0.0287. The van der Waals surface area contributed by atoms with Crippen LogP contribution in [-0.4, -0.2) is 49.3 Å². The SMILES string of the molecule is NC(=O)c1ncc(-n2ccc3cc(C(=O)N4CCCCC4)cnc32)cn1. The second-order valence-corrected chi connectivity index (χ2v) is 6.30. The highest BCUT2D eigenvalue weighted by molar-refractivity contribution is 5.97. The fourth-order valence-corrected chi connectivity index (χ4v) is 3.20. The molecule has 132 valence electrons. The number of aromatic nitrogens is 4. The lowest BCUT2D eigenvalue weighted by Crippen LogP contribution is -2.35. The maximum Gasteiger partial charge on any atom is 0.286 e. The Morgan fingerprint density at radius 3 is 2.42 bits per heavy atom. The fraction of sp³-hybridized carbons (Fsp3) is 0.278. The number of fused-ring (bicyclic) bond motifs is 1. The van der Waals surface area contributed by atoms with Crippen molar-refractivity contribution in [1.29, 1.82) is 0 Å². The highest BCUT2D eigenvalue weighted by atomic mass is 16.2. The van der Waals surface area contributed by atoms with Crippen LogP contribution in [0.2, 0.25) is 0 Å². The zero-order chi connectivity index (χ0) is 18.1. The zero-order valence-corrected chi connectivity index (χ0v) is 14.1. The molecule has 1 aliphatic rings. The molecule has 0 aliphatic carbocycles. The van der Waals surface area contributed by atoms with Gasteiger partial charge in [0.15, 0.2) is 0 Å². The molecule has 4 heterocycles. The van der Waals surface area contributed by atoms with Crippen LogP contribution in [0.25, 0.3) is 16.7 Å². The van der Waals surface area contributed by atoms with Crippen molar-refractivity contribution in [3.8, 4) is 5.69 Å². The molecule has 1 aliphatic heterocycles. The van der Waals surface area contributed by atoms with Crippen LogP contribution in [-0.2, 0) is 0 Å². The second kappa shape index (κ2) is 6.55. The quantitative estimate of drug-likeness (QED) is 0.771. The van der Waals surface area contributed by atoms with Crippen LogP contribution in [0.5, 0.6) is 0 Å². The minimum atomic E-state index is -0.673. The summed E-state index contributed by atoms with van der Waals surface area (Å²) < 4.78 is 1.80. The topological polar surface area (TPSA) is 107 Å². The molecule has 0 atom stereocenters. The summed E-state index contributed by atoms with van der Waals surface area (Å²) in [7, 11) is 0. The molecule has 4 rings (SSSR count). The van der Waals surface area contributed by atoms with Crippen molar-refractivity contribution in [3.63, 3.8) is 0 Å². The molecule has 2 N–H and O–H groups in total. The van der Waals surface area contributed by atoms with Gasteiger partial charge in [-0.05, 0) is 31.4 Å². The normalized spacial score (nSPS) is 14.5. The lowest BCUT2D eigenvalue weighted by Gasteiger charge is -2.26. The van der Waals surface area contributed by atoms with Crippen molar-refractivity contribution in [2.75, 3.05) is 13.1 Å². The molecule has 0 radical (unpaired) electrons. The van der Waals surface area contributed by atoms with Crippen LogP contribution in [0.15, 0.2) is 36.9 Å². The maximum atomic E-state index is 12.6. The van der Waals surface area contributed by atoms with E-state index in [0.29, 0.717) is 16.9 Å². The number of carbonyl (C=O) groups excluding carboxylic acids is 2. The Morgan fingerprint density at radius 1 is 1.00 bits per heavy atom. The van der Waals surface area contributed by atoms with E-state index < -0.39 is 5.91 Å². The Bertz CT molecular complexity index is 973. The Kier molecular flexibility index (Phi) is 4.08. The van der Waals surface area contributed by atoms with Gasteiger partial charge in [-0.1, -0.05) is 0 Å². The molecule has 0 spiro atoms. The number of carbonyl (C=O) groups is 2. The first-order valence-corrected chi connectivity index (χ1v) is 8.52.